The first-order valence-electron chi connectivity index (χ1n) is 5.62. The predicted octanol–water partition coefficient (Wildman–Crippen LogP) is 0.648. The van der Waals surface area contributed by atoms with Gasteiger partial charge < -0.3 is 11.1 Å². The molecule has 1 aromatic rings. The molecule has 104 valence electrons. The maximum absolute atomic E-state index is 11.1. The maximum atomic E-state index is 11.1. The molecule has 0 heterocycles. The van der Waals surface area contributed by atoms with Crippen LogP contribution < -0.4 is 15.8 Å². The first-order valence-corrected chi connectivity index (χ1v) is 7.51. The average Bonchev–Trinajstić information content (AvgIpc) is 2.32. The first kappa shape index (κ1) is 15.0. The number of guanidine groups is 1. The number of anilines is 1. The summed E-state index contributed by atoms with van der Waals surface area (Å²) in [5.41, 5.74) is 6.99. The third-order valence-electron chi connectivity index (χ3n) is 2.09. The van der Waals surface area contributed by atoms with Crippen LogP contribution >= 0.6 is 0 Å². The molecule has 0 saturated heterocycles. The number of nitrogens with two attached hydrogens (primary N) is 1. The molecular weight excluding hydrogens is 264 g/mol. The third kappa shape index (κ3) is 6.46. The third-order valence-corrected chi connectivity index (χ3v) is 2.70. The zero-order valence-corrected chi connectivity index (χ0v) is 11.6. The molecule has 7 heteroatoms. The lowest BCUT2D eigenvalue weighted by atomic mass is 10.2. The largest absolute Gasteiger partial charge is 0.370 e. The fourth-order valence-corrected chi connectivity index (χ4v) is 1.91. The molecule has 0 aliphatic carbocycles. The number of hydrogen-bond acceptors (Lipinski definition) is 3. The van der Waals surface area contributed by atoms with Crippen molar-refractivity contribution in [3.05, 3.63) is 42.5 Å². The summed E-state index contributed by atoms with van der Waals surface area (Å²) in [6.07, 6.45) is 2.79. The van der Waals surface area contributed by atoms with Gasteiger partial charge in [-0.2, -0.15) is 0 Å². The highest BCUT2D eigenvalue weighted by Crippen LogP contribution is 2.12. The Morgan fingerprint density at radius 2 is 2.26 bits per heavy atom. The summed E-state index contributed by atoms with van der Waals surface area (Å²) in [6.45, 7) is 4.48. The van der Waals surface area contributed by atoms with Crippen molar-refractivity contribution in [2.45, 2.75) is 6.54 Å². The molecule has 0 saturated carbocycles. The first-order chi connectivity index (χ1) is 8.90. The van der Waals surface area contributed by atoms with Crippen molar-refractivity contribution < 1.29 is 8.42 Å². The van der Waals surface area contributed by atoms with Gasteiger partial charge in [-0.3, -0.25) is 4.72 Å². The van der Waals surface area contributed by atoms with E-state index in [-0.39, 0.29) is 0 Å². The molecule has 0 aliphatic rings. The van der Waals surface area contributed by atoms with Crippen LogP contribution in [0.4, 0.5) is 5.69 Å². The molecule has 19 heavy (non-hydrogen) atoms. The summed E-state index contributed by atoms with van der Waals surface area (Å²) in [6, 6.07) is 6.99. The van der Waals surface area contributed by atoms with Crippen molar-refractivity contribution in [1.82, 2.24) is 5.32 Å². The summed E-state index contributed by atoms with van der Waals surface area (Å²) in [7, 11) is -3.27. The molecule has 0 amide bonds. The molecule has 0 spiro atoms. The van der Waals surface area contributed by atoms with E-state index in [0.29, 0.717) is 24.7 Å². The molecule has 0 aromatic heterocycles. The van der Waals surface area contributed by atoms with Crippen molar-refractivity contribution >= 4 is 21.7 Å². The highest BCUT2D eigenvalue weighted by atomic mass is 32.2. The van der Waals surface area contributed by atoms with E-state index in [1.807, 2.05) is 6.07 Å². The van der Waals surface area contributed by atoms with Crippen LogP contribution in [0.3, 0.4) is 0 Å². The Kier molecular flexibility index (Phi) is 5.37. The molecule has 0 aliphatic heterocycles. The second-order valence-electron chi connectivity index (χ2n) is 3.95. The number of aliphatic imine (C=N–C) groups is 1. The summed E-state index contributed by atoms with van der Waals surface area (Å²) < 4.78 is 24.6. The Labute approximate surface area is 113 Å². The topological polar surface area (TPSA) is 96.6 Å². The molecule has 6 nitrogen and oxygen atoms in total. The highest BCUT2D eigenvalue weighted by Gasteiger charge is 2.02. The number of benzene rings is 1. The van der Waals surface area contributed by atoms with Crippen LogP contribution in [0.15, 0.2) is 41.9 Å². The van der Waals surface area contributed by atoms with Crippen molar-refractivity contribution in [2.75, 3.05) is 17.5 Å². The number of rotatable bonds is 6. The zero-order chi connectivity index (χ0) is 14.3. The Morgan fingerprint density at radius 3 is 2.89 bits per heavy atom. The van der Waals surface area contributed by atoms with Gasteiger partial charge in [0.05, 0.1) is 12.8 Å². The fraction of sp³-hybridized carbons (Fsp3) is 0.250. The van der Waals surface area contributed by atoms with E-state index in [4.69, 9.17) is 5.73 Å². The summed E-state index contributed by atoms with van der Waals surface area (Å²) in [5, 5.41) is 2.85. The highest BCUT2D eigenvalue weighted by molar-refractivity contribution is 7.92. The molecule has 0 unspecified atom stereocenters. The molecule has 4 N–H and O–H groups in total. The second-order valence-corrected chi connectivity index (χ2v) is 5.69. The Bertz CT molecular complexity index is 567. The molecule has 1 rings (SSSR count). The molecule has 0 fully saturated rings. The van der Waals surface area contributed by atoms with Gasteiger partial charge in [0.25, 0.3) is 0 Å². The van der Waals surface area contributed by atoms with Crippen LogP contribution in [0.25, 0.3) is 0 Å². The lowest BCUT2D eigenvalue weighted by Crippen LogP contribution is -2.31. The molecular formula is C12H18N4O2S. The smallest absolute Gasteiger partial charge is 0.229 e. The van der Waals surface area contributed by atoms with E-state index in [9.17, 15) is 8.42 Å². The maximum Gasteiger partial charge on any atom is 0.229 e. The Morgan fingerprint density at radius 1 is 1.53 bits per heavy atom. The van der Waals surface area contributed by atoms with E-state index in [1.165, 1.54) is 0 Å². The van der Waals surface area contributed by atoms with Crippen molar-refractivity contribution in [3.8, 4) is 0 Å². The van der Waals surface area contributed by atoms with E-state index in [2.05, 4.69) is 21.6 Å². The van der Waals surface area contributed by atoms with Crippen LogP contribution in [0, 0.1) is 0 Å². The number of nitrogens with one attached hydrogen (secondary N) is 2. The Hall–Kier alpha value is -2.02. The van der Waals surface area contributed by atoms with Gasteiger partial charge in [-0.15, -0.1) is 6.58 Å². The van der Waals surface area contributed by atoms with Crippen LogP contribution in [-0.2, 0) is 16.6 Å². The van der Waals surface area contributed by atoms with Gasteiger partial charge in [0.1, 0.15) is 0 Å². The summed E-state index contributed by atoms with van der Waals surface area (Å²) in [4.78, 5) is 4.13. The van der Waals surface area contributed by atoms with Crippen LogP contribution in [-0.4, -0.2) is 27.2 Å². The van der Waals surface area contributed by atoms with E-state index < -0.39 is 10.0 Å². The number of sulfonamides is 1. The van der Waals surface area contributed by atoms with Gasteiger partial charge in [-0.1, -0.05) is 18.2 Å². The Balaban J connectivity index is 2.69. The van der Waals surface area contributed by atoms with Gasteiger partial charge in [-0.05, 0) is 17.7 Å². The van der Waals surface area contributed by atoms with Gasteiger partial charge in [0.15, 0.2) is 5.96 Å². The molecule has 0 bridgehead atoms. The van der Waals surface area contributed by atoms with E-state index >= 15 is 0 Å². The van der Waals surface area contributed by atoms with Crippen molar-refractivity contribution in [3.63, 3.8) is 0 Å². The average molecular weight is 282 g/mol. The quantitative estimate of drug-likeness (QED) is 0.405. The SMILES string of the molecule is C=CCNC(N)=NCc1cccc(NS(C)(=O)=O)c1. The standard InChI is InChI=1S/C12H18N4O2S/c1-3-7-14-12(13)15-9-10-5-4-6-11(8-10)16-19(2,17)18/h3-6,8,16H,1,7,9H2,2H3,(H3,13,14,15). The minimum Gasteiger partial charge on any atom is -0.370 e. The fourth-order valence-electron chi connectivity index (χ4n) is 1.36. The van der Waals surface area contributed by atoms with Crippen LogP contribution in [0.5, 0.6) is 0 Å². The normalized spacial score (nSPS) is 11.9. The van der Waals surface area contributed by atoms with Crippen LogP contribution in [0.1, 0.15) is 5.56 Å². The van der Waals surface area contributed by atoms with Gasteiger partial charge in [-0.25, -0.2) is 13.4 Å². The zero-order valence-electron chi connectivity index (χ0n) is 10.8. The van der Waals surface area contributed by atoms with Gasteiger partial charge in [0, 0.05) is 12.2 Å². The summed E-state index contributed by atoms with van der Waals surface area (Å²) in [5.74, 6) is 0.321. The lowest BCUT2D eigenvalue weighted by Gasteiger charge is -2.06. The van der Waals surface area contributed by atoms with E-state index in [1.54, 1.807) is 24.3 Å². The van der Waals surface area contributed by atoms with E-state index in [0.717, 1.165) is 11.8 Å². The molecule has 0 radical (unpaired) electrons. The van der Waals surface area contributed by atoms with Gasteiger partial charge >= 0.3 is 0 Å². The van der Waals surface area contributed by atoms with Crippen molar-refractivity contribution in [1.29, 1.82) is 0 Å². The monoisotopic (exact) mass is 282 g/mol. The summed E-state index contributed by atoms with van der Waals surface area (Å²) >= 11 is 0. The number of hydrogen-bond donors (Lipinski definition) is 3. The predicted molar refractivity (Wildman–Crippen MR) is 78.4 cm³/mol. The molecule has 1 aromatic carbocycles. The van der Waals surface area contributed by atoms with Gasteiger partial charge in [0.2, 0.25) is 10.0 Å². The minimum atomic E-state index is -3.27. The minimum absolute atomic E-state index is 0.321. The van der Waals surface area contributed by atoms with Crippen molar-refractivity contribution in [2.24, 2.45) is 10.7 Å². The lowest BCUT2D eigenvalue weighted by molar-refractivity contribution is 0.607. The van der Waals surface area contributed by atoms with Crippen LogP contribution in [0.2, 0.25) is 0 Å². The molecule has 0 atom stereocenters. The number of nitrogens with zero attached hydrogens (tertiary/aromatic N) is 1. The second kappa shape index (κ2) is 6.79.